The van der Waals surface area contributed by atoms with E-state index in [1.165, 1.54) is 27.8 Å². The number of hydrogen-bond acceptors (Lipinski definition) is 1. The summed E-state index contributed by atoms with van der Waals surface area (Å²) in [6.45, 7) is 8.05. The second-order valence-corrected chi connectivity index (χ2v) is 8.22. The molecule has 0 aliphatic carbocycles. The fourth-order valence-electron chi connectivity index (χ4n) is 3.87. The molecule has 3 rings (SSSR count). The molecule has 0 atom stereocenters. The van der Waals surface area contributed by atoms with E-state index in [-0.39, 0.29) is 0 Å². The lowest BCUT2D eigenvalue weighted by molar-refractivity contribution is 0.469. The zero-order valence-electron chi connectivity index (χ0n) is 20.9. The minimum Gasteiger partial charge on any atom is -0.508 e. The van der Waals surface area contributed by atoms with Crippen LogP contribution in [-0.4, -0.2) is 5.11 Å². The molecule has 0 unspecified atom stereocenters. The third-order valence-corrected chi connectivity index (χ3v) is 5.78. The van der Waals surface area contributed by atoms with Crippen molar-refractivity contribution in [2.45, 2.75) is 66.2 Å². The third kappa shape index (κ3) is 9.14. The van der Waals surface area contributed by atoms with E-state index in [4.69, 9.17) is 0 Å². The van der Waals surface area contributed by atoms with Gasteiger partial charge in [0.25, 0.3) is 0 Å². The smallest absolute Gasteiger partial charge is 0.119 e. The number of allylic oxidation sites excluding steroid dienone is 4. The molecule has 0 spiro atoms. The van der Waals surface area contributed by atoms with Crippen LogP contribution in [0.4, 0.5) is 0 Å². The molecule has 0 heterocycles. The predicted molar refractivity (Wildman–Crippen MR) is 144 cm³/mol. The average Bonchev–Trinajstić information content (AvgIpc) is 2.85. The normalized spacial score (nSPS) is 11.0. The molecule has 0 saturated heterocycles. The molecule has 0 fully saturated rings. The van der Waals surface area contributed by atoms with E-state index in [0.29, 0.717) is 5.75 Å². The van der Waals surface area contributed by atoms with Crippen LogP contribution in [0.25, 0.3) is 0 Å². The molecule has 0 saturated carbocycles. The first-order valence-electron chi connectivity index (χ1n) is 12.4. The quantitative estimate of drug-likeness (QED) is 0.313. The van der Waals surface area contributed by atoms with E-state index in [0.717, 1.165) is 44.1 Å². The van der Waals surface area contributed by atoms with Gasteiger partial charge in [-0.2, -0.15) is 0 Å². The first-order valence-corrected chi connectivity index (χ1v) is 12.4. The molecule has 0 amide bonds. The van der Waals surface area contributed by atoms with Crippen molar-refractivity contribution in [2.75, 3.05) is 0 Å². The minimum absolute atomic E-state index is 0.414. The molecule has 1 heteroatoms. The summed E-state index contributed by atoms with van der Waals surface area (Å²) in [5.74, 6) is 0.414. The summed E-state index contributed by atoms with van der Waals surface area (Å²) >= 11 is 0. The molecule has 174 valence electrons. The SMILES string of the molecule is C/C=C\C=C/CCc1ccc(Cc2cc(CCCc3ccccc3)cc(O)c2C)cc1.CC. The Labute approximate surface area is 201 Å². The standard InChI is InChI=1S/C30H34O.C2H6/c1-3-4-5-6-8-14-26-17-19-27(20-18-26)21-29-22-28(23-30(31)24(29)2)16-11-15-25-12-9-7-10-13-25;1-2/h3-7,9-10,12-13,17-20,22-23,31H,8,11,14-16,21H2,1-2H3;1-2H3/b4-3-,6-5-;. The summed E-state index contributed by atoms with van der Waals surface area (Å²) in [5.41, 5.74) is 7.46. The summed E-state index contributed by atoms with van der Waals surface area (Å²) in [6.07, 6.45) is 14.5. The predicted octanol–water partition coefficient (Wildman–Crippen LogP) is 8.56. The van der Waals surface area contributed by atoms with Crippen LogP contribution in [0.15, 0.2) is 91.0 Å². The molecule has 0 aromatic heterocycles. The molecule has 3 aromatic carbocycles. The van der Waals surface area contributed by atoms with Crippen molar-refractivity contribution >= 4 is 0 Å². The molecule has 1 nitrogen and oxygen atoms in total. The number of hydrogen-bond donors (Lipinski definition) is 1. The van der Waals surface area contributed by atoms with Crippen LogP contribution in [0.2, 0.25) is 0 Å². The van der Waals surface area contributed by atoms with Gasteiger partial charge in [-0.15, -0.1) is 0 Å². The molecule has 0 bridgehead atoms. The Morgan fingerprint density at radius 1 is 0.727 bits per heavy atom. The fourth-order valence-corrected chi connectivity index (χ4v) is 3.87. The minimum atomic E-state index is 0.414. The molecule has 1 N–H and O–H groups in total. The highest BCUT2D eigenvalue weighted by Crippen LogP contribution is 2.26. The number of phenols is 1. The van der Waals surface area contributed by atoms with Gasteiger partial charge in [-0.1, -0.05) is 98.8 Å². The van der Waals surface area contributed by atoms with Crippen LogP contribution < -0.4 is 0 Å². The third-order valence-electron chi connectivity index (χ3n) is 5.78. The zero-order chi connectivity index (χ0) is 23.9. The van der Waals surface area contributed by atoms with Gasteiger partial charge in [0.15, 0.2) is 0 Å². The van der Waals surface area contributed by atoms with Gasteiger partial charge < -0.3 is 5.11 Å². The molecule has 0 radical (unpaired) electrons. The van der Waals surface area contributed by atoms with Gasteiger partial charge in [0, 0.05) is 0 Å². The summed E-state index contributed by atoms with van der Waals surface area (Å²) in [6, 6.07) is 23.7. The molecular weight excluding hydrogens is 400 g/mol. The maximum atomic E-state index is 10.5. The summed E-state index contributed by atoms with van der Waals surface area (Å²) in [5, 5.41) is 10.5. The van der Waals surface area contributed by atoms with Gasteiger partial charge in [0.05, 0.1) is 0 Å². The van der Waals surface area contributed by atoms with E-state index < -0.39 is 0 Å². The van der Waals surface area contributed by atoms with Crippen LogP contribution in [0.1, 0.15) is 67.0 Å². The Morgan fingerprint density at radius 3 is 2.06 bits per heavy atom. The van der Waals surface area contributed by atoms with Gasteiger partial charge in [0.1, 0.15) is 5.75 Å². The Bertz CT molecular complexity index is 995. The topological polar surface area (TPSA) is 20.2 Å². The highest BCUT2D eigenvalue weighted by molar-refractivity contribution is 5.44. The molecule has 0 aliphatic heterocycles. The van der Waals surface area contributed by atoms with Crippen LogP contribution in [0.5, 0.6) is 5.75 Å². The lowest BCUT2D eigenvalue weighted by Gasteiger charge is -2.12. The number of benzene rings is 3. The van der Waals surface area contributed by atoms with Crippen molar-refractivity contribution in [3.8, 4) is 5.75 Å². The van der Waals surface area contributed by atoms with Crippen LogP contribution >= 0.6 is 0 Å². The van der Waals surface area contributed by atoms with Gasteiger partial charge in [0.2, 0.25) is 0 Å². The lowest BCUT2D eigenvalue weighted by atomic mass is 9.94. The number of aryl methyl sites for hydroxylation is 3. The number of phenolic OH excluding ortho intramolecular Hbond substituents is 1. The van der Waals surface area contributed by atoms with E-state index in [1.54, 1.807) is 0 Å². The molecule has 3 aromatic rings. The maximum absolute atomic E-state index is 10.5. The van der Waals surface area contributed by atoms with Crippen LogP contribution in [0, 0.1) is 6.92 Å². The largest absolute Gasteiger partial charge is 0.508 e. The average molecular weight is 441 g/mol. The van der Waals surface area contributed by atoms with Gasteiger partial charge in [-0.05, 0) is 91.8 Å². The van der Waals surface area contributed by atoms with Crippen molar-refractivity contribution < 1.29 is 5.11 Å². The monoisotopic (exact) mass is 440 g/mol. The fraction of sp³-hybridized carbons (Fsp3) is 0.312. The number of rotatable bonds is 10. The van der Waals surface area contributed by atoms with Crippen molar-refractivity contribution in [3.63, 3.8) is 0 Å². The Balaban J connectivity index is 0.00000187. The van der Waals surface area contributed by atoms with Crippen LogP contribution in [0.3, 0.4) is 0 Å². The van der Waals surface area contributed by atoms with Gasteiger partial charge in [-0.3, -0.25) is 0 Å². The molecular formula is C32H40O. The van der Waals surface area contributed by atoms with E-state index in [9.17, 15) is 5.11 Å². The highest BCUT2D eigenvalue weighted by Gasteiger charge is 2.08. The number of aromatic hydroxyl groups is 1. The van der Waals surface area contributed by atoms with Gasteiger partial charge in [-0.25, -0.2) is 0 Å². The van der Waals surface area contributed by atoms with E-state index >= 15 is 0 Å². The first kappa shape index (κ1) is 26.2. The molecule has 33 heavy (non-hydrogen) atoms. The second kappa shape index (κ2) is 14.9. The maximum Gasteiger partial charge on any atom is 0.119 e. The van der Waals surface area contributed by atoms with Crippen molar-refractivity contribution in [1.29, 1.82) is 0 Å². The van der Waals surface area contributed by atoms with Crippen molar-refractivity contribution in [2.24, 2.45) is 0 Å². The Kier molecular flexibility index (Phi) is 11.8. The van der Waals surface area contributed by atoms with Crippen molar-refractivity contribution in [1.82, 2.24) is 0 Å². The zero-order valence-corrected chi connectivity index (χ0v) is 20.9. The van der Waals surface area contributed by atoms with Gasteiger partial charge >= 0.3 is 0 Å². The first-order chi connectivity index (χ1) is 16.2. The second-order valence-electron chi connectivity index (χ2n) is 8.22. The van der Waals surface area contributed by atoms with E-state index in [1.807, 2.05) is 39.8 Å². The Morgan fingerprint density at radius 2 is 1.36 bits per heavy atom. The Hall–Kier alpha value is -3.06. The molecule has 0 aliphatic rings. The lowest BCUT2D eigenvalue weighted by Crippen LogP contribution is -1.97. The summed E-state index contributed by atoms with van der Waals surface area (Å²) < 4.78 is 0. The van der Waals surface area contributed by atoms with Crippen LogP contribution in [-0.2, 0) is 25.7 Å². The highest BCUT2D eigenvalue weighted by atomic mass is 16.3. The van der Waals surface area contributed by atoms with E-state index in [2.05, 4.69) is 78.9 Å². The summed E-state index contributed by atoms with van der Waals surface area (Å²) in [7, 11) is 0. The van der Waals surface area contributed by atoms with Crippen molar-refractivity contribution in [3.05, 3.63) is 124 Å². The summed E-state index contributed by atoms with van der Waals surface area (Å²) in [4.78, 5) is 0.